The van der Waals surface area contributed by atoms with Crippen LogP contribution in [0.1, 0.15) is 24.9 Å². The summed E-state index contributed by atoms with van der Waals surface area (Å²) in [6.45, 7) is 2.48. The third-order valence-corrected chi connectivity index (χ3v) is 5.94. The highest BCUT2D eigenvalue weighted by Gasteiger charge is 2.46. The van der Waals surface area contributed by atoms with E-state index in [9.17, 15) is 17.6 Å². The maximum absolute atomic E-state index is 14.2. The first kappa shape index (κ1) is 27.9. The van der Waals surface area contributed by atoms with Crippen LogP contribution in [-0.2, 0) is 0 Å². The third kappa shape index (κ3) is 5.19. The lowest BCUT2D eigenvalue weighted by Gasteiger charge is -2.30. The third-order valence-electron chi connectivity index (χ3n) is 5.94. The molecule has 5 rings (SSSR count). The van der Waals surface area contributed by atoms with Crippen LogP contribution in [-0.4, -0.2) is 56.4 Å². The number of nitrogens with zero attached hydrogens (tertiary/aromatic N) is 5. The summed E-state index contributed by atoms with van der Waals surface area (Å²) in [7, 11) is 0. The summed E-state index contributed by atoms with van der Waals surface area (Å²) in [5.74, 6) is -0.147. The molecule has 1 aliphatic heterocycles. The number of fused-ring (bicyclic) bond motifs is 2. The van der Waals surface area contributed by atoms with Crippen molar-refractivity contribution < 1.29 is 22.3 Å². The molecule has 0 spiro atoms. The molecule has 0 radical (unpaired) electrons. The second-order valence-corrected chi connectivity index (χ2v) is 8.31. The van der Waals surface area contributed by atoms with E-state index >= 15 is 0 Å². The number of alkyl halides is 3. The molecule has 13 heteroatoms. The smallest absolute Gasteiger partial charge is 0.408 e. The van der Waals surface area contributed by atoms with Gasteiger partial charge in [-0.3, -0.25) is 9.30 Å². The molecule has 0 saturated carbocycles. The van der Waals surface area contributed by atoms with Gasteiger partial charge in [0.05, 0.1) is 12.1 Å². The first-order valence-electron chi connectivity index (χ1n) is 10.9. The minimum atomic E-state index is -4.48. The van der Waals surface area contributed by atoms with Gasteiger partial charge in [0.2, 0.25) is 0 Å². The number of hydrogen-bond donors (Lipinski definition) is 1. The van der Waals surface area contributed by atoms with Gasteiger partial charge in [-0.1, -0.05) is 12.1 Å². The van der Waals surface area contributed by atoms with E-state index in [2.05, 4.69) is 15.2 Å². The van der Waals surface area contributed by atoms with Crippen molar-refractivity contribution in [2.75, 3.05) is 19.7 Å². The van der Waals surface area contributed by atoms with E-state index < -0.39 is 18.0 Å². The summed E-state index contributed by atoms with van der Waals surface area (Å²) in [5.41, 5.74) is 7.17. The van der Waals surface area contributed by atoms with Crippen LogP contribution in [0.15, 0.2) is 42.6 Å². The monoisotopic (exact) mass is 546 g/mol. The summed E-state index contributed by atoms with van der Waals surface area (Å²) >= 11 is 0. The number of aromatic nitrogens is 4. The fraction of sp³-hybridized carbons (Fsp3) is 0.348. The van der Waals surface area contributed by atoms with E-state index in [1.165, 1.54) is 39.8 Å². The molecule has 2 N–H and O–H groups in total. The minimum Gasteiger partial charge on any atom is -0.491 e. The normalized spacial score (nSPS) is 17.1. The van der Waals surface area contributed by atoms with Crippen molar-refractivity contribution in [1.82, 2.24) is 24.5 Å². The Labute approximate surface area is 216 Å². The maximum atomic E-state index is 14.2. The number of ether oxygens (including phenoxy) is 1. The molecule has 1 aliphatic rings. The van der Waals surface area contributed by atoms with Crippen LogP contribution >= 0.6 is 24.8 Å². The van der Waals surface area contributed by atoms with E-state index in [0.717, 1.165) is 0 Å². The first-order valence-corrected chi connectivity index (χ1v) is 10.9. The molecule has 0 aliphatic carbocycles. The molecule has 0 unspecified atom stereocenters. The topological polar surface area (TPSA) is 81.6 Å². The van der Waals surface area contributed by atoms with Crippen molar-refractivity contribution in [3.8, 4) is 17.3 Å². The molecule has 36 heavy (non-hydrogen) atoms. The molecular formula is C23H24Cl2F4N6O. The number of halogens is 6. The summed E-state index contributed by atoms with van der Waals surface area (Å²) in [5, 5.41) is 8.79. The predicted octanol–water partition coefficient (Wildman–Crippen LogP) is 4.96. The second-order valence-electron chi connectivity index (χ2n) is 8.31. The predicted molar refractivity (Wildman–Crippen MR) is 132 cm³/mol. The van der Waals surface area contributed by atoms with Crippen LogP contribution in [0.5, 0.6) is 5.75 Å². The first-order chi connectivity index (χ1) is 16.2. The highest BCUT2D eigenvalue weighted by Crippen LogP contribution is 2.39. The molecule has 194 valence electrons. The number of rotatable bonds is 5. The van der Waals surface area contributed by atoms with Gasteiger partial charge >= 0.3 is 6.18 Å². The van der Waals surface area contributed by atoms with Gasteiger partial charge in [0, 0.05) is 36.8 Å². The van der Waals surface area contributed by atoms with E-state index in [1.807, 2.05) is 0 Å². The number of likely N-dealkylation sites (tertiary alicyclic amines) is 1. The lowest BCUT2D eigenvalue weighted by molar-refractivity contribution is -0.183. The lowest BCUT2D eigenvalue weighted by atomic mass is 10.1. The summed E-state index contributed by atoms with van der Waals surface area (Å²) < 4.78 is 63.2. The van der Waals surface area contributed by atoms with E-state index in [1.54, 1.807) is 19.1 Å². The standard InChI is InChI=1S/C23H22F4N6O.2ClH/c1-2-34-19-10-18-13(9-16(19)24)3-5-17(29-18)22-31-30-20-6-4-14(11-33(20)22)21(23(25,26)27)32-8-7-15(28)12-32;;/h3-6,9-11,15,21H,2,7-8,12,28H2,1H3;2*1H/t15-,21-;;/m0../s1. The average molecular weight is 547 g/mol. The summed E-state index contributed by atoms with van der Waals surface area (Å²) in [6.07, 6.45) is -2.57. The van der Waals surface area contributed by atoms with Crippen molar-refractivity contribution in [3.05, 3.63) is 54.0 Å². The molecule has 7 nitrogen and oxygen atoms in total. The van der Waals surface area contributed by atoms with Crippen LogP contribution in [0.4, 0.5) is 17.6 Å². The molecule has 2 atom stereocenters. The van der Waals surface area contributed by atoms with E-state index in [0.29, 0.717) is 35.3 Å². The fourth-order valence-electron chi connectivity index (χ4n) is 4.42. The molecule has 1 saturated heterocycles. The molecule has 0 amide bonds. The minimum absolute atomic E-state index is 0. The van der Waals surface area contributed by atoms with Crippen molar-refractivity contribution in [2.24, 2.45) is 5.73 Å². The van der Waals surface area contributed by atoms with Gasteiger partial charge in [-0.05, 0) is 37.1 Å². The number of nitrogens with two attached hydrogens (primary N) is 1. The molecule has 1 fully saturated rings. The Morgan fingerprint density at radius 3 is 2.58 bits per heavy atom. The summed E-state index contributed by atoms with van der Waals surface area (Å²) in [4.78, 5) is 5.90. The largest absolute Gasteiger partial charge is 0.491 e. The zero-order chi connectivity index (χ0) is 24.0. The van der Waals surface area contributed by atoms with E-state index in [4.69, 9.17) is 10.5 Å². The van der Waals surface area contributed by atoms with Crippen molar-refractivity contribution in [3.63, 3.8) is 0 Å². The quantitative estimate of drug-likeness (QED) is 0.356. The van der Waals surface area contributed by atoms with Gasteiger partial charge in [-0.15, -0.1) is 35.0 Å². The van der Waals surface area contributed by atoms with Crippen molar-refractivity contribution in [1.29, 1.82) is 0 Å². The molecule has 3 aromatic heterocycles. The number of benzene rings is 1. The van der Waals surface area contributed by atoms with Gasteiger partial charge in [-0.2, -0.15) is 13.2 Å². The fourth-order valence-corrected chi connectivity index (χ4v) is 4.42. The summed E-state index contributed by atoms with van der Waals surface area (Å²) in [6, 6.07) is 6.96. The molecule has 4 heterocycles. The van der Waals surface area contributed by atoms with Crippen LogP contribution < -0.4 is 10.5 Å². The van der Waals surface area contributed by atoms with Gasteiger partial charge in [0.15, 0.2) is 23.0 Å². The zero-order valence-corrected chi connectivity index (χ0v) is 20.7. The Morgan fingerprint density at radius 1 is 1.14 bits per heavy atom. The number of hydrogen-bond acceptors (Lipinski definition) is 6. The Balaban J connectivity index is 0.00000180. The average Bonchev–Trinajstić information content (AvgIpc) is 3.39. The molecule has 1 aromatic carbocycles. The highest BCUT2D eigenvalue weighted by molar-refractivity contribution is 5.85. The van der Waals surface area contributed by atoms with Crippen molar-refractivity contribution >= 4 is 41.4 Å². The van der Waals surface area contributed by atoms with Crippen LogP contribution in [0.2, 0.25) is 0 Å². The second kappa shape index (κ2) is 10.7. The Kier molecular flexibility index (Phi) is 8.29. The Bertz CT molecular complexity index is 1370. The number of pyridine rings is 2. The molecule has 4 aromatic rings. The lowest BCUT2D eigenvalue weighted by Crippen LogP contribution is -2.38. The zero-order valence-electron chi connectivity index (χ0n) is 19.1. The van der Waals surface area contributed by atoms with Crippen LogP contribution in [0, 0.1) is 5.82 Å². The Hall–Kier alpha value is -2.73. The van der Waals surface area contributed by atoms with Gasteiger partial charge in [0.1, 0.15) is 11.7 Å². The Morgan fingerprint density at radius 2 is 1.92 bits per heavy atom. The van der Waals surface area contributed by atoms with Crippen LogP contribution in [0.3, 0.4) is 0 Å². The van der Waals surface area contributed by atoms with E-state index in [-0.39, 0.29) is 61.1 Å². The van der Waals surface area contributed by atoms with Crippen LogP contribution in [0.25, 0.3) is 28.1 Å². The van der Waals surface area contributed by atoms with Gasteiger partial charge < -0.3 is 10.5 Å². The van der Waals surface area contributed by atoms with Crippen molar-refractivity contribution in [2.45, 2.75) is 31.6 Å². The highest BCUT2D eigenvalue weighted by atomic mass is 35.5. The SMILES string of the molecule is CCOc1cc2nc(-c3nnc4ccc([C@H](N5CC[C@H](N)C5)C(F)(F)F)cn34)ccc2cc1F.Cl.Cl. The maximum Gasteiger partial charge on any atom is 0.408 e. The van der Waals surface area contributed by atoms with Gasteiger partial charge in [-0.25, -0.2) is 9.37 Å². The molecular weight excluding hydrogens is 523 g/mol. The molecule has 0 bridgehead atoms. The van der Waals surface area contributed by atoms with Gasteiger partial charge in [0.25, 0.3) is 0 Å².